The van der Waals surface area contributed by atoms with Crippen molar-refractivity contribution in [2.75, 3.05) is 26.2 Å². The molecule has 0 aliphatic carbocycles. The van der Waals surface area contributed by atoms with Crippen LogP contribution in [0.4, 0.5) is 0 Å². The van der Waals surface area contributed by atoms with E-state index in [1.165, 1.54) is 4.88 Å². The molecule has 18 heavy (non-hydrogen) atoms. The fourth-order valence-corrected chi connectivity index (χ4v) is 4.01. The minimum absolute atomic E-state index is 0.131. The lowest BCUT2D eigenvalue weighted by Crippen LogP contribution is -2.54. The fourth-order valence-electron chi connectivity index (χ4n) is 2.56. The zero-order chi connectivity index (χ0) is 13.2. The van der Waals surface area contributed by atoms with Crippen LogP contribution in [0.15, 0.2) is 15.9 Å². The van der Waals surface area contributed by atoms with E-state index < -0.39 is 0 Å². The number of nitrogens with zero attached hydrogens (tertiary/aromatic N) is 1. The number of piperazine rings is 1. The van der Waals surface area contributed by atoms with Gasteiger partial charge in [-0.1, -0.05) is 0 Å². The first kappa shape index (κ1) is 14.5. The van der Waals surface area contributed by atoms with Crippen LogP contribution in [-0.2, 0) is 0 Å². The number of hydrogen-bond acceptors (Lipinski definition) is 4. The van der Waals surface area contributed by atoms with Crippen molar-refractivity contribution in [2.45, 2.75) is 31.8 Å². The van der Waals surface area contributed by atoms with Crippen LogP contribution >= 0.6 is 27.3 Å². The van der Waals surface area contributed by atoms with Crippen LogP contribution in [0, 0.1) is 0 Å². The summed E-state index contributed by atoms with van der Waals surface area (Å²) in [6.45, 7) is 9.02. The van der Waals surface area contributed by atoms with E-state index in [9.17, 15) is 0 Å². The Morgan fingerprint density at radius 3 is 2.72 bits per heavy atom. The molecule has 5 heteroatoms. The Bertz CT molecular complexity index is 385. The van der Waals surface area contributed by atoms with Gasteiger partial charge in [0.1, 0.15) is 0 Å². The molecule has 1 aliphatic rings. The van der Waals surface area contributed by atoms with Crippen LogP contribution in [0.2, 0.25) is 0 Å². The van der Waals surface area contributed by atoms with Gasteiger partial charge in [0.05, 0.1) is 0 Å². The van der Waals surface area contributed by atoms with E-state index in [-0.39, 0.29) is 11.6 Å². The van der Waals surface area contributed by atoms with Crippen molar-refractivity contribution >= 4 is 27.3 Å². The number of hydrogen-bond donors (Lipinski definition) is 2. The third-order valence-electron chi connectivity index (χ3n) is 3.65. The summed E-state index contributed by atoms with van der Waals surface area (Å²) < 4.78 is 1.14. The second-order valence-corrected chi connectivity index (χ2v) is 7.39. The smallest absolute Gasteiger partial charge is 0.0407 e. The first-order valence-corrected chi connectivity index (χ1v) is 8.11. The van der Waals surface area contributed by atoms with Gasteiger partial charge in [0.25, 0.3) is 0 Å². The highest BCUT2D eigenvalue weighted by atomic mass is 79.9. The van der Waals surface area contributed by atoms with Crippen LogP contribution in [0.3, 0.4) is 0 Å². The van der Waals surface area contributed by atoms with Crippen molar-refractivity contribution in [1.29, 1.82) is 0 Å². The third kappa shape index (κ3) is 3.54. The summed E-state index contributed by atoms with van der Waals surface area (Å²) in [5.41, 5.74) is 6.51. The molecular weight excluding hydrogens is 310 g/mol. The molecule has 3 N–H and O–H groups in total. The molecule has 2 heterocycles. The van der Waals surface area contributed by atoms with Crippen LogP contribution < -0.4 is 11.1 Å². The van der Waals surface area contributed by atoms with Crippen molar-refractivity contribution in [3.63, 3.8) is 0 Å². The SMILES string of the molecule is CC(C)(CC(N)c1cc(Br)cs1)N1CCNCC1. The zero-order valence-electron chi connectivity index (χ0n) is 11.1. The fraction of sp³-hybridized carbons (Fsp3) is 0.692. The standard InChI is InChI=1S/C13H22BrN3S/c1-13(2,17-5-3-16-4-6-17)8-11(15)12-7-10(14)9-18-12/h7,9,11,16H,3-6,8,15H2,1-2H3. The summed E-state index contributed by atoms with van der Waals surface area (Å²) >= 11 is 5.24. The minimum Gasteiger partial charge on any atom is -0.323 e. The molecule has 1 aromatic heterocycles. The Morgan fingerprint density at radius 2 is 2.17 bits per heavy atom. The highest BCUT2D eigenvalue weighted by Gasteiger charge is 2.30. The van der Waals surface area contributed by atoms with Crippen molar-refractivity contribution in [2.24, 2.45) is 5.73 Å². The van der Waals surface area contributed by atoms with Gasteiger partial charge in [-0.25, -0.2) is 0 Å². The average Bonchev–Trinajstić information content (AvgIpc) is 2.77. The van der Waals surface area contributed by atoms with Gasteiger partial charge in [0.2, 0.25) is 0 Å². The minimum atomic E-state index is 0.131. The first-order chi connectivity index (χ1) is 8.49. The molecule has 0 bridgehead atoms. The van der Waals surface area contributed by atoms with Crippen LogP contribution in [0.1, 0.15) is 31.2 Å². The molecule has 0 spiro atoms. The van der Waals surface area contributed by atoms with E-state index in [1.807, 2.05) is 0 Å². The Kier molecular flexibility index (Phi) is 4.83. The lowest BCUT2D eigenvalue weighted by molar-refractivity contribution is 0.0896. The topological polar surface area (TPSA) is 41.3 Å². The zero-order valence-corrected chi connectivity index (χ0v) is 13.5. The lowest BCUT2D eigenvalue weighted by Gasteiger charge is -2.42. The van der Waals surface area contributed by atoms with Gasteiger partial charge in [-0.05, 0) is 42.3 Å². The number of nitrogens with two attached hydrogens (primary N) is 1. The summed E-state index contributed by atoms with van der Waals surface area (Å²) in [4.78, 5) is 3.82. The van der Waals surface area contributed by atoms with Gasteiger partial charge < -0.3 is 11.1 Å². The molecule has 0 saturated carbocycles. The maximum atomic E-state index is 6.35. The molecule has 1 unspecified atom stereocenters. The van der Waals surface area contributed by atoms with Gasteiger partial charge in [-0.3, -0.25) is 4.90 Å². The van der Waals surface area contributed by atoms with E-state index in [2.05, 4.69) is 51.4 Å². The van der Waals surface area contributed by atoms with E-state index >= 15 is 0 Å². The highest BCUT2D eigenvalue weighted by Crippen LogP contribution is 2.31. The summed E-state index contributed by atoms with van der Waals surface area (Å²) in [6, 6.07) is 2.27. The van der Waals surface area contributed by atoms with Crippen LogP contribution in [0.5, 0.6) is 0 Å². The third-order valence-corrected chi connectivity index (χ3v) is 5.47. The largest absolute Gasteiger partial charge is 0.323 e. The second kappa shape index (κ2) is 6.01. The Labute approximate surface area is 122 Å². The van der Waals surface area contributed by atoms with Gasteiger partial charge in [0.15, 0.2) is 0 Å². The molecule has 1 aromatic rings. The predicted molar refractivity (Wildman–Crippen MR) is 82.1 cm³/mol. The molecule has 0 amide bonds. The number of halogens is 1. The van der Waals surface area contributed by atoms with Crippen molar-refractivity contribution in [3.05, 3.63) is 20.8 Å². The van der Waals surface area contributed by atoms with Crippen molar-refractivity contribution < 1.29 is 0 Å². The molecule has 1 atom stereocenters. The maximum absolute atomic E-state index is 6.35. The summed E-state index contributed by atoms with van der Waals surface area (Å²) in [6.07, 6.45) is 1.000. The maximum Gasteiger partial charge on any atom is 0.0407 e. The van der Waals surface area contributed by atoms with Crippen LogP contribution in [-0.4, -0.2) is 36.6 Å². The predicted octanol–water partition coefficient (Wildman–Crippen LogP) is 2.58. The molecule has 1 fully saturated rings. The molecular formula is C13H22BrN3S. The number of nitrogens with one attached hydrogen (secondary N) is 1. The first-order valence-electron chi connectivity index (χ1n) is 6.44. The van der Waals surface area contributed by atoms with E-state index in [0.717, 1.165) is 37.1 Å². The average molecular weight is 332 g/mol. The Hall–Kier alpha value is 0.0600. The van der Waals surface area contributed by atoms with E-state index in [4.69, 9.17) is 5.73 Å². The molecule has 1 aliphatic heterocycles. The Morgan fingerprint density at radius 1 is 1.50 bits per heavy atom. The lowest BCUT2D eigenvalue weighted by atomic mass is 9.92. The molecule has 0 radical (unpaired) electrons. The highest BCUT2D eigenvalue weighted by molar-refractivity contribution is 9.10. The van der Waals surface area contributed by atoms with E-state index in [0.29, 0.717) is 0 Å². The van der Waals surface area contributed by atoms with E-state index in [1.54, 1.807) is 11.3 Å². The molecule has 0 aromatic carbocycles. The molecule has 102 valence electrons. The summed E-state index contributed by atoms with van der Waals surface area (Å²) in [7, 11) is 0. The van der Waals surface area contributed by atoms with Gasteiger partial charge >= 0.3 is 0 Å². The van der Waals surface area contributed by atoms with Crippen molar-refractivity contribution in [1.82, 2.24) is 10.2 Å². The number of thiophene rings is 1. The summed E-state index contributed by atoms with van der Waals surface area (Å²) in [5.74, 6) is 0. The molecule has 2 rings (SSSR count). The van der Waals surface area contributed by atoms with Gasteiger partial charge in [-0.15, -0.1) is 11.3 Å². The number of rotatable bonds is 4. The second-order valence-electron chi connectivity index (χ2n) is 5.53. The van der Waals surface area contributed by atoms with Gasteiger partial charge in [0, 0.05) is 52.5 Å². The van der Waals surface area contributed by atoms with Gasteiger partial charge in [-0.2, -0.15) is 0 Å². The monoisotopic (exact) mass is 331 g/mol. The molecule has 3 nitrogen and oxygen atoms in total. The molecule has 1 saturated heterocycles. The van der Waals surface area contributed by atoms with Crippen molar-refractivity contribution in [3.8, 4) is 0 Å². The van der Waals surface area contributed by atoms with Crippen LogP contribution in [0.25, 0.3) is 0 Å². The summed E-state index contributed by atoms with van der Waals surface area (Å²) in [5, 5.41) is 5.50. The normalized spacial score (nSPS) is 20.0. The quantitative estimate of drug-likeness (QED) is 0.890. The Balaban J connectivity index is 1.98.